The van der Waals surface area contributed by atoms with Crippen LogP contribution < -0.4 is 5.32 Å². The van der Waals surface area contributed by atoms with Crippen molar-refractivity contribution in [2.75, 3.05) is 11.9 Å². The third-order valence-electron chi connectivity index (χ3n) is 4.51. The average Bonchev–Trinajstić information content (AvgIpc) is 3.21. The molecule has 1 aliphatic heterocycles. The van der Waals surface area contributed by atoms with Crippen molar-refractivity contribution in [3.05, 3.63) is 46.5 Å². The number of benzene rings is 1. The summed E-state index contributed by atoms with van der Waals surface area (Å²) in [7, 11) is 0. The molecule has 28 heavy (non-hydrogen) atoms. The Labute approximate surface area is 178 Å². The van der Waals surface area contributed by atoms with E-state index in [1.54, 1.807) is 4.90 Å². The van der Waals surface area contributed by atoms with E-state index in [0.717, 1.165) is 17.7 Å². The quantitative estimate of drug-likeness (QED) is 0.630. The Balaban J connectivity index is 1.44. The Morgan fingerprint density at radius 1 is 1.29 bits per heavy atom. The number of hydrogen-bond acceptors (Lipinski definition) is 6. The minimum Gasteiger partial charge on any atom is -0.302 e. The molecule has 0 radical (unpaired) electrons. The molecule has 8 heteroatoms. The van der Waals surface area contributed by atoms with Gasteiger partial charge in [0.25, 0.3) is 0 Å². The highest BCUT2D eigenvalue weighted by molar-refractivity contribution is 8.24. The summed E-state index contributed by atoms with van der Waals surface area (Å²) in [5.74, 6) is -0.0570. The highest BCUT2D eigenvalue weighted by Gasteiger charge is 2.33. The largest absolute Gasteiger partial charge is 0.302 e. The monoisotopic (exact) mass is 433 g/mol. The number of aryl methyl sites for hydroxylation is 1. The lowest BCUT2D eigenvalue weighted by Crippen LogP contribution is -2.32. The van der Waals surface area contributed by atoms with Crippen molar-refractivity contribution in [1.29, 1.82) is 0 Å². The van der Waals surface area contributed by atoms with Crippen molar-refractivity contribution in [2.24, 2.45) is 0 Å². The van der Waals surface area contributed by atoms with Gasteiger partial charge in [-0.25, -0.2) is 4.98 Å². The normalized spacial score (nSPS) is 16.6. The van der Waals surface area contributed by atoms with Crippen molar-refractivity contribution in [3.63, 3.8) is 0 Å². The van der Waals surface area contributed by atoms with Crippen LogP contribution in [0.25, 0.3) is 0 Å². The lowest BCUT2D eigenvalue weighted by atomic mass is 10.1. The van der Waals surface area contributed by atoms with Gasteiger partial charge in [0, 0.05) is 30.5 Å². The van der Waals surface area contributed by atoms with Crippen molar-refractivity contribution in [1.82, 2.24) is 9.88 Å². The van der Waals surface area contributed by atoms with Crippen molar-refractivity contribution in [2.45, 2.75) is 44.8 Å². The number of carbonyl (C=O) groups excluding carboxylic acids is 2. The predicted molar refractivity (Wildman–Crippen MR) is 120 cm³/mol. The van der Waals surface area contributed by atoms with Crippen LogP contribution in [0.15, 0.2) is 30.5 Å². The maximum atomic E-state index is 12.2. The minimum absolute atomic E-state index is 0.0342. The number of carbonyl (C=O) groups is 2. The molecule has 1 unspecified atom stereocenters. The van der Waals surface area contributed by atoms with Gasteiger partial charge in [-0.3, -0.25) is 14.5 Å². The number of anilines is 1. The van der Waals surface area contributed by atoms with Crippen molar-refractivity contribution >= 4 is 56.6 Å². The fourth-order valence-corrected chi connectivity index (χ4v) is 5.21. The summed E-state index contributed by atoms with van der Waals surface area (Å²) in [6.45, 7) is 4.48. The summed E-state index contributed by atoms with van der Waals surface area (Å²) >= 11 is 8.10. The molecule has 148 valence electrons. The Kier molecular flexibility index (Phi) is 7.20. The Morgan fingerprint density at radius 2 is 2.00 bits per heavy atom. The molecule has 1 atom stereocenters. The zero-order valence-electron chi connectivity index (χ0n) is 15.9. The van der Waals surface area contributed by atoms with Gasteiger partial charge in [0.15, 0.2) is 5.13 Å². The van der Waals surface area contributed by atoms with E-state index in [4.69, 9.17) is 12.2 Å². The molecule has 2 aromatic rings. The van der Waals surface area contributed by atoms with Crippen LogP contribution in [0.3, 0.4) is 0 Å². The molecule has 1 N–H and O–H groups in total. The molecule has 1 aliphatic rings. The molecule has 1 aromatic carbocycles. The zero-order chi connectivity index (χ0) is 20.1. The second-order valence-corrected chi connectivity index (χ2v) is 9.74. The highest BCUT2D eigenvalue weighted by Crippen LogP contribution is 2.27. The van der Waals surface area contributed by atoms with Gasteiger partial charge in [0.2, 0.25) is 11.8 Å². The van der Waals surface area contributed by atoms with E-state index in [2.05, 4.69) is 41.5 Å². The van der Waals surface area contributed by atoms with E-state index in [1.807, 2.05) is 13.1 Å². The molecular formula is C20H23N3O2S3. The molecule has 3 rings (SSSR count). The number of thiocarbonyl (C=S) groups is 1. The molecule has 1 saturated heterocycles. The van der Waals surface area contributed by atoms with Crippen molar-refractivity contribution in [3.8, 4) is 0 Å². The second-order valence-electron chi connectivity index (χ2n) is 6.65. The smallest absolute Gasteiger partial charge is 0.241 e. The lowest BCUT2D eigenvalue weighted by Gasteiger charge is -2.14. The van der Waals surface area contributed by atoms with Crippen molar-refractivity contribution < 1.29 is 9.59 Å². The maximum Gasteiger partial charge on any atom is 0.241 e. The van der Waals surface area contributed by atoms with Gasteiger partial charge in [-0.1, -0.05) is 55.2 Å². The molecule has 1 aromatic heterocycles. The SMILES string of the molecule is CCc1ccc(Cc2cnc(NC(=O)CCCN3C(=O)C(C)SC3=S)s2)cc1. The summed E-state index contributed by atoms with van der Waals surface area (Å²) < 4.78 is 0.606. The van der Waals surface area contributed by atoms with E-state index in [1.165, 1.54) is 34.2 Å². The summed E-state index contributed by atoms with van der Waals surface area (Å²) in [6, 6.07) is 8.57. The number of thioether (sulfide) groups is 1. The molecule has 0 spiro atoms. The Bertz CT molecular complexity index is 864. The van der Waals surface area contributed by atoms with E-state index in [-0.39, 0.29) is 17.1 Å². The molecule has 2 heterocycles. The van der Waals surface area contributed by atoms with Crippen LogP contribution in [0.5, 0.6) is 0 Å². The first-order chi connectivity index (χ1) is 13.5. The number of aromatic nitrogens is 1. The Hall–Kier alpha value is -1.77. The fourth-order valence-electron chi connectivity index (χ4n) is 2.90. The molecule has 2 amide bonds. The fraction of sp³-hybridized carbons (Fsp3) is 0.400. The van der Waals surface area contributed by atoms with Gasteiger partial charge in [-0.05, 0) is 30.9 Å². The van der Waals surface area contributed by atoms with Crippen LogP contribution in [0.4, 0.5) is 5.13 Å². The first kappa shape index (κ1) is 21.0. The van der Waals surface area contributed by atoms with Crippen LogP contribution >= 0.6 is 35.3 Å². The number of amides is 2. The minimum atomic E-state index is -0.117. The van der Waals surface area contributed by atoms with Gasteiger partial charge in [0.1, 0.15) is 4.32 Å². The van der Waals surface area contributed by atoms with Crippen LogP contribution in [0.1, 0.15) is 42.7 Å². The number of nitrogens with zero attached hydrogens (tertiary/aromatic N) is 2. The topological polar surface area (TPSA) is 62.3 Å². The molecule has 0 bridgehead atoms. The molecular weight excluding hydrogens is 410 g/mol. The van der Waals surface area contributed by atoms with Gasteiger partial charge in [0.05, 0.1) is 5.25 Å². The van der Waals surface area contributed by atoms with E-state index in [0.29, 0.717) is 28.8 Å². The average molecular weight is 434 g/mol. The number of nitrogens with one attached hydrogen (secondary N) is 1. The summed E-state index contributed by atoms with van der Waals surface area (Å²) in [4.78, 5) is 31.2. The predicted octanol–water partition coefficient (Wildman–Crippen LogP) is 4.26. The van der Waals surface area contributed by atoms with Gasteiger partial charge >= 0.3 is 0 Å². The number of rotatable bonds is 8. The van der Waals surface area contributed by atoms with Crippen LogP contribution in [-0.4, -0.2) is 37.8 Å². The van der Waals surface area contributed by atoms with E-state index >= 15 is 0 Å². The molecule has 0 aliphatic carbocycles. The first-order valence-corrected chi connectivity index (χ1v) is 11.4. The highest BCUT2D eigenvalue weighted by atomic mass is 32.2. The molecule has 5 nitrogen and oxygen atoms in total. The molecule has 1 fully saturated rings. The van der Waals surface area contributed by atoms with Crippen LogP contribution in [0, 0.1) is 0 Å². The third kappa shape index (κ3) is 5.40. The number of thiazole rings is 1. The summed E-state index contributed by atoms with van der Waals surface area (Å²) in [5.41, 5.74) is 2.56. The lowest BCUT2D eigenvalue weighted by molar-refractivity contribution is -0.126. The maximum absolute atomic E-state index is 12.2. The first-order valence-electron chi connectivity index (χ1n) is 9.30. The molecule has 0 saturated carbocycles. The summed E-state index contributed by atoms with van der Waals surface area (Å²) in [5, 5.41) is 3.35. The van der Waals surface area contributed by atoms with E-state index in [9.17, 15) is 9.59 Å². The van der Waals surface area contributed by atoms with Gasteiger partial charge in [-0.15, -0.1) is 11.3 Å². The Morgan fingerprint density at radius 3 is 2.64 bits per heavy atom. The number of hydrogen-bond donors (Lipinski definition) is 1. The van der Waals surface area contributed by atoms with Gasteiger partial charge < -0.3 is 5.32 Å². The van der Waals surface area contributed by atoms with Crippen LogP contribution in [0.2, 0.25) is 0 Å². The van der Waals surface area contributed by atoms with E-state index < -0.39 is 0 Å². The van der Waals surface area contributed by atoms with Gasteiger partial charge in [-0.2, -0.15) is 0 Å². The zero-order valence-corrected chi connectivity index (χ0v) is 18.4. The third-order valence-corrected chi connectivity index (χ3v) is 6.91. The second kappa shape index (κ2) is 9.62. The summed E-state index contributed by atoms with van der Waals surface area (Å²) in [6.07, 6.45) is 4.56. The van der Waals surface area contributed by atoms with Crippen LogP contribution in [-0.2, 0) is 22.4 Å². The standard InChI is InChI=1S/C20H23N3O2S3/c1-3-14-6-8-15(9-7-14)11-16-12-21-19(28-16)22-17(24)5-4-10-23-18(25)13(2)27-20(23)26/h6-9,12-13H,3-5,10-11H2,1-2H3,(H,21,22,24).